The first kappa shape index (κ1) is 13.6. The van der Waals surface area contributed by atoms with E-state index in [2.05, 4.69) is 27.9 Å². The Balaban J connectivity index is 2.23. The van der Waals surface area contributed by atoms with Crippen molar-refractivity contribution >= 4 is 5.96 Å². The first-order valence-electron chi connectivity index (χ1n) is 5.80. The van der Waals surface area contributed by atoms with E-state index in [1.165, 1.54) is 5.56 Å². The lowest BCUT2D eigenvalue weighted by molar-refractivity contribution is 0.195. The molecule has 1 aromatic heterocycles. The molecule has 0 fully saturated rings. The molecule has 0 aliphatic carbocycles. The lowest BCUT2D eigenvalue weighted by Gasteiger charge is -2.10. The first-order chi connectivity index (χ1) is 8.26. The average molecular weight is 238 g/mol. The van der Waals surface area contributed by atoms with Crippen LogP contribution in [0.3, 0.4) is 0 Å². The summed E-state index contributed by atoms with van der Waals surface area (Å²) in [5, 5.41) is 6.49. The van der Waals surface area contributed by atoms with Gasteiger partial charge in [0.05, 0.1) is 0 Å². The molecule has 2 N–H and O–H groups in total. The second-order valence-electron chi connectivity index (χ2n) is 3.88. The van der Waals surface area contributed by atoms with E-state index in [1.807, 2.05) is 17.8 Å². The second-order valence-corrected chi connectivity index (χ2v) is 3.88. The monoisotopic (exact) mass is 238 g/mol. The van der Waals surface area contributed by atoms with Gasteiger partial charge < -0.3 is 19.9 Å². The molecule has 0 spiro atoms. The molecule has 1 rings (SSSR count). The van der Waals surface area contributed by atoms with E-state index in [0.717, 1.165) is 32.1 Å². The number of rotatable bonds is 6. The lowest BCUT2D eigenvalue weighted by Crippen LogP contribution is -2.37. The minimum Gasteiger partial charge on any atom is -0.385 e. The van der Waals surface area contributed by atoms with Gasteiger partial charge in [-0.25, -0.2) is 0 Å². The Morgan fingerprint density at radius 3 is 2.88 bits per heavy atom. The summed E-state index contributed by atoms with van der Waals surface area (Å²) in [5.74, 6) is 0.824. The summed E-state index contributed by atoms with van der Waals surface area (Å²) in [6.07, 6.45) is 5.10. The van der Waals surface area contributed by atoms with Gasteiger partial charge in [0, 0.05) is 53.3 Å². The van der Waals surface area contributed by atoms with Crippen molar-refractivity contribution in [3.63, 3.8) is 0 Å². The van der Waals surface area contributed by atoms with E-state index in [9.17, 15) is 0 Å². The molecule has 17 heavy (non-hydrogen) atoms. The van der Waals surface area contributed by atoms with Crippen LogP contribution < -0.4 is 10.6 Å². The zero-order valence-corrected chi connectivity index (χ0v) is 10.9. The number of nitrogens with zero attached hydrogens (tertiary/aromatic N) is 2. The van der Waals surface area contributed by atoms with E-state index < -0.39 is 0 Å². The summed E-state index contributed by atoms with van der Waals surface area (Å²) >= 11 is 0. The zero-order valence-electron chi connectivity index (χ0n) is 10.9. The molecule has 1 heterocycles. The molecule has 0 aliphatic rings. The van der Waals surface area contributed by atoms with E-state index in [1.54, 1.807) is 14.2 Å². The van der Waals surface area contributed by atoms with Crippen LogP contribution in [0.2, 0.25) is 0 Å². The summed E-state index contributed by atoms with van der Waals surface area (Å²) in [6.45, 7) is 2.41. The Bertz CT molecular complexity index is 346. The Kier molecular flexibility index (Phi) is 6.17. The highest BCUT2D eigenvalue weighted by molar-refractivity contribution is 5.79. The molecule has 0 atom stereocenters. The topological polar surface area (TPSA) is 50.6 Å². The number of hydrogen-bond acceptors (Lipinski definition) is 2. The normalized spacial score (nSPS) is 11.6. The van der Waals surface area contributed by atoms with Crippen molar-refractivity contribution in [3.05, 3.63) is 24.0 Å². The molecular weight excluding hydrogens is 216 g/mol. The number of aryl methyl sites for hydroxylation is 1. The number of aliphatic imine (C=N–C) groups is 1. The van der Waals surface area contributed by atoms with Crippen LogP contribution in [0, 0.1) is 0 Å². The molecule has 0 aliphatic heterocycles. The van der Waals surface area contributed by atoms with Gasteiger partial charge in [-0.05, 0) is 18.1 Å². The number of hydrogen-bond donors (Lipinski definition) is 2. The van der Waals surface area contributed by atoms with Crippen LogP contribution in [0.25, 0.3) is 0 Å². The maximum Gasteiger partial charge on any atom is 0.191 e. The summed E-state index contributed by atoms with van der Waals surface area (Å²) in [7, 11) is 5.50. The van der Waals surface area contributed by atoms with Crippen LogP contribution >= 0.6 is 0 Å². The fraction of sp³-hybridized carbons (Fsp3) is 0.583. The van der Waals surface area contributed by atoms with Gasteiger partial charge >= 0.3 is 0 Å². The first-order valence-corrected chi connectivity index (χ1v) is 5.80. The van der Waals surface area contributed by atoms with Crippen LogP contribution in [0.15, 0.2) is 23.5 Å². The number of methoxy groups -OCH3 is 1. The predicted octanol–water partition coefficient (Wildman–Crippen LogP) is 0.727. The fourth-order valence-corrected chi connectivity index (χ4v) is 1.50. The average Bonchev–Trinajstić information content (AvgIpc) is 2.74. The minimum atomic E-state index is 0.767. The van der Waals surface area contributed by atoms with Crippen molar-refractivity contribution in [1.29, 1.82) is 0 Å². The van der Waals surface area contributed by atoms with Crippen LogP contribution in [-0.2, 0) is 18.3 Å². The van der Waals surface area contributed by atoms with Crippen molar-refractivity contribution in [2.24, 2.45) is 12.0 Å². The van der Waals surface area contributed by atoms with Crippen molar-refractivity contribution < 1.29 is 4.74 Å². The molecule has 1 aromatic rings. The molecule has 0 bridgehead atoms. The van der Waals surface area contributed by atoms with Gasteiger partial charge in [-0.15, -0.1) is 0 Å². The predicted molar refractivity (Wildman–Crippen MR) is 70.1 cm³/mol. The van der Waals surface area contributed by atoms with E-state index in [4.69, 9.17) is 4.74 Å². The minimum absolute atomic E-state index is 0.767. The van der Waals surface area contributed by atoms with Crippen molar-refractivity contribution in [2.75, 3.05) is 27.3 Å². The van der Waals surface area contributed by atoms with Gasteiger partial charge in [-0.3, -0.25) is 4.99 Å². The van der Waals surface area contributed by atoms with Gasteiger partial charge in [0.15, 0.2) is 5.96 Å². The highest BCUT2D eigenvalue weighted by Crippen LogP contribution is 1.97. The van der Waals surface area contributed by atoms with E-state index in [0.29, 0.717) is 0 Å². The Hall–Kier alpha value is -1.49. The van der Waals surface area contributed by atoms with Crippen LogP contribution in [-0.4, -0.2) is 37.8 Å². The van der Waals surface area contributed by atoms with Gasteiger partial charge in [0.25, 0.3) is 0 Å². The summed E-state index contributed by atoms with van der Waals surface area (Å²) < 4.78 is 7.02. The third kappa shape index (κ3) is 5.40. The standard InChI is InChI=1S/C12H22N4O/c1-13-12(14-6-4-8-17-3)15-9-11-5-7-16(2)10-11/h5,7,10H,4,6,8-9H2,1-3H3,(H2,13,14,15). The lowest BCUT2D eigenvalue weighted by atomic mass is 10.3. The fourth-order valence-electron chi connectivity index (χ4n) is 1.50. The molecule has 0 aromatic carbocycles. The van der Waals surface area contributed by atoms with Crippen LogP contribution in [0.5, 0.6) is 0 Å². The number of aromatic nitrogens is 1. The van der Waals surface area contributed by atoms with Gasteiger partial charge in [0.1, 0.15) is 0 Å². The van der Waals surface area contributed by atoms with E-state index >= 15 is 0 Å². The summed E-state index contributed by atoms with van der Waals surface area (Å²) in [5.41, 5.74) is 1.24. The van der Waals surface area contributed by atoms with Crippen molar-refractivity contribution in [1.82, 2.24) is 15.2 Å². The third-order valence-corrected chi connectivity index (χ3v) is 2.39. The maximum absolute atomic E-state index is 4.99. The zero-order chi connectivity index (χ0) is 12.5. The van der Waals surface area contributed by atoms with Crippen LogP contribution in [0.4, 0.5) is 0 Å². The Morgan fingerprint density at radius 1 is 1.47 bits per heavy atom. The quantitative estimate of drug-likeness (QED) is 0.436. The number of nitrogens with one attached hydrogen (secondary N) is 2. The molecule has 5 heteroatoms. The molecule has 0 unspecified atom stereocenters. The van der Waals surface area contributed by atoms with Crippen LogP contribution in [0.1, 0.15) is 12.0 Å². The molecule has 0 saturated carbocycles. The van der Waals surface area contributed by atoms with Crippen molar-refractivity contribution in [2.45, 2.75) is 13.0 Å². The largest absolute Gasteiger partial charge is 0.385 e. The summed E-state index contributed by atoms with van der Waals surface area (Å²) in [4.78, 5) is 4.15. The van der Waals surface area contributed by atoms with Gasteiger partial charge in [-0.2, -0.15) is 0 Å². The second kappa shape index (κ2) is 7.73. The van der Waals surface area contributed by atoms with Gasteiger partial charge in [0.2, 0.25) is 0 Å². The Labute approximate surface area is 103 Å². The highest BCUT2D eigenvalue weighted by Gasteiger charge is 1.98. The molecule has 0 amide bonds. The maximum atomic E-state index is 4.99. The SMILES string of the molecule is CN=C(NCCCOC)NCc1ccn(C)c1. The van der Waals surface area contributed by atoms with E-state index in [-0.39, 0.29) is 0 Å². The molecular formula is C12H22N4O. The molecule has 96 valence electrons. The molecule has 5 nitrogen and oxygen atoms in total. The highest BCUT2D eigenvalue weighted by atomic mass is 16.5. The van der Waals surface area contributed by atoms with Gasteiger partial charge in [-0.1, -0.05) is 0 Å². The smallest absolute Gasteiger partial charge is 0.191 e. The third-order valence-electron chi connectivity index (χ3n) is 2.39. The number of guanidine groups is 1. The molecule has 0 radical (unpaired) electrons. The van der Waals surface area contributed by atoms with Crippen molar-refractivity contribution in [3.8, 4) is 0 Å². The number of ether oxygens (including phenoxy) is 1. The molecule has 0 saturated heterocycles. The summed E-state index contributed by atoms with van der Waals surface area (Å²) in [6, 6.07) is 2.09. The Morgan fingerprint density at radius 2 is 2.29 bits per heavy atom.